The summed E-state index contributed by atoms with van der Waals surface area (Å²) < 4.78 is 15.4. The first-order valence-electron chi connectivity index (χ1n) is 51.8. The molecule has 2 aliphatic heterocycles. The Hall–Kier alpha value is -15.7. The number of aromatic nitrogens is 6. The van der Waals surface area contributed by atoms with E-state index in [1.165, 1.54) is 241 Å². The van der Waals surface area contributed by atoms with E-state index in [2.05, 4.69) is 524 Å². The normalized spacial score (nSPS) is 12.8. The Morgan fingerprint density at radius 3 is 0.826 bits per heavy atom. The van der Waals surface area contributed by atoms with Gasteiger partial charge in [-0.2, -0.15) is 0 Å². The molecule has 8 heterocycles. The first-order chi connectivity index (χ1) is 70.3. The highest BCUT2D eigenvalue weighted by Crippen LogP contribution is 2.55. The van der Waals surface area contributed by atoms with Gasteiger partial charge in [-0.3, -0.25) is 0 Å². The van der Waals surface area contributed by atoms with Gasteiger partial charge in [0, 0.05) is 126 Å². The first-order valence-corrected chi connectivity index (χ1v) is 52.6. The Morgan fingerprint density at radius 1 is 0.201 bits per heavy atom. The molecule has 0 radical (unpaired) electrons. The lowest BCUT2D eigenvalue weighted by atomic mass is 9.33. The molecular formula is C134H113B2N7S. The lowest BCUT2D eigenvalue weighted by molar-refractivity contribution is 0.812. The molecule has 6 aromatic heterocycles. The fraction of sp³-hybridized carbons (Fsp3) is 0.149. The average molecular weight is 1880 g/mol. The summed E-state index contributed by atoms with van der Waals surface area (Å²) in [4.78, 5) is 5.19. The van der Waals surface area contributed by atoms with E-state index in [1.807, 2.05) is 11.8 Å². The van der Waals surface area contributed by atoms with Crippen LogP contribution in [0.5, 0.6) is 0 Å². The number of fused-ring (bicyclic) bond motifs is 28. The highest BCUT2D eigenvalue weighted by molar-refractivity contribution is 8.00. The molecule has 2 aliphatic rings. The third-order valence-electron chi connectivity index (χ3n) is 31.5. The van der Waals surface area contributed by atoms with Crippen molar-refractivity contribution in [3.8, 4) is 34.1 Å². The van der Waals surface area contributed by atoms with E-state index in [0.717, 1.165) is 28.4 Å². The predicted molar refractivity (Wildman–Crippen MR) is 620 cm³/mol. The minimum Gasteiger partial charge on any atom is -0.311 e. The number of hydrogen-bond acceptors (Lipinski definition) is 2. The summed E-state index contributed by atoms with van der Waals surface area (Å²) in [6, 6.07) is 149. The summed E-state index contributed by atoms with van der Waals surface area (Å²) in [6.07, 6.45) is 0. The molecule has 0 saturated carbocycles. The molecule has 7 nitrogen and oxygen atoms in total. The fourth-order valence-electron chi connectivity index (χ4n) is 25.2. The van der Waals surface area contributed by atoms with Gasteiger partial charge in [-0.25, -0.2) is 0 Å². The first kappa shape index (κ1) is 88.4. The van der Waals surface area contributed by atoms with E-state index < -0.39 is 0 Å². The molecule has 0 N–H and O–H groups in total. The van der Waals surface area contributed by atoms with Gasteiger partial charge >= 0.3 is 0 Å². The van der Waals surface area contributed by atoms with Crippen LogP contribution in [0.1, 0.15) is 163 Å². The molecule has 144 heavy (non-hydrogen) atoms. The van der Waals surface area contributed by atoms with Crippen LogP contribution in [0.4, 0.5) is 17.1 Å². The monoisotopic (exact) mass is 1870 g/mol. The maximum Gasteiger partial charge on any atom is 0.247 e. The number of benzene rings is 19. The van der Waals surface area contributed by atoms with Gasteiger partial charge < -0.3 is 32.3 Å². The van der Waals surface area contributed by atoms with Gasteiger partial charge in [0.2, 0.25) is 13.4 Å². The van der Waals surface area contributed by atoms with Crippen LogP contribution in [0.15, 0.2) is 404 Å². The summed E-state index contributed by atoms with van der Waals surface area (Å²) in [5.74, 6) is 2.32. The molecule has 0 atom stereocenters. The quantitative estimate of drug-likeness (QED) is 0.0959. The maximum absolute atomic E-state index is 2.61. The van der Waals surface area contributed by atoms with Gasteiger partial charge in [-0.05, 0) is 238 Å². The smallest absolute Gasteiger partial charge is 0.247 e. The van der Waals surface area contributed by atoms with E-state index in [0.29, 0.717) is 35.5 Å². The zero-order valence-corrected chi connectivity index (χ0v) is 85.0. The lowest BCUT2D eigenvalue weighted by Gasteiger charge is -2.39. The van der Waals surface area contributed by atoms with Gasteiger partial charge in [0.05, 0.1) is 66.2 Å². The van der Waals surface area contributed by atoms with Crippen LogP contribution in [0, 0.1) is 13.8 Å². The standard InChI is InChI=1S/C70H59BN4.C64H54BN3S/c1-43(2)47-40-55(44(3)4)67(56(41-47)45(5)6)71-57-32-17-21-36-62(57)72(48-24-10-8-11-25-48)63-42-51(37-38-58(63)71)75-61-35-20-16-31-54(61)66-69-65(53-30-15-19-34-60(53)74(69)50-28-22-23-46(7)39-50)68-64(70(66)75)52-29-14-18-33-59(52)73(68)49-26-12-9-13-27-49;1-38(2)42-35-49(39(3)4)61(50(36-42)40(5)6)65-51-27-14-18-31-56(51)69-57-37-45(32-33-52(57)65)68-55-30-17-13-26-48(55)60-63-59(47-25-12-16-29-54(47)67(63)44-23-19-20-41(7)34-44)62-58(64(60)68)46-24-11-15-28-53(46)66(62)43-21-9-8-10-22-43/h8-45H,1-7H3;8-40H,1-7H3. The zero-order valence-electron chi connectivity index (χ0n) is 84.2. The summed E-state index contributed by atoms with van der Waals surface area (Å²) in [5, 5.41) is 15.0. The van der Waals surface area contributed by atoms with E-state index in [-0.39, 0.29) is 13.4 Å². The summed E-state index contributed by atoms with van der Waals surface area (Å²) in [5.41, 5.74) is 44.4. The van der Waals surface area contributed by atoms with Gasteiger partial charge in [0.15, 0.2) is 0 Å². The van der Waals surface area contributed by atoms with Crippen molar-refractivity contribution in [1.29, 1.82) is 0 Å². The number of rotatable bonds is 15. The number of anilines is 3. The Morgan fingerprint density at radius 2 is 0.472 bits per heavy atom. The molecule has 0 spiro atoms. The summed E-state index contributed by atoms with van der Waals surface area (Å²) in [6.45, 7) is 32.9. The van der Waals surface area contributed by atoms with Crippen LogP contribution in [-0.4, -0.2) is 40.8 Å². The predicted octanol–water partition coefficient (Wildman–Crippen LogP) is 32.6. The molecule has 19 aromatic carbocycles. The molecule has 0 bridgehead atoms. The zero-order chi connectivity index (χ0) is 97.6. The topological polar surface area (TPSA) is 32.8 Å². The fourth-order valence-corrected chi connectivity index (χ4v) is 26.4. The van der Waals surface area contributed by atoms with Crippen molar-refractivity contribution in [2.75, 3.05) is 4.90 Å². The van der Waals surface area contributed by atoms with Crippen molar-refractivity contribution in [2.24, 2.45) is 0 Å². The second kappa shape index (κ2) is 34.6. The Labute approximate surface area is 847 Å². The van der Waals surface area contributed by atoms with E-state index in [1.54, 1.807) is 0 Å². The molecule has 0 aliphatic carbocycles. The number of aryl methyl sites for hydroxylation is 2. The van der Waals surface area contributed by atoms with Crippen molar-refractivity contribution in [2.45, 2.75) is 142 Å². The molecule has 0 amide bonds. The second-order valence-corrected chi connectivity index (χ2v) is 43.2. The third kappa shape index (κ3) is 13.6. The summed E-state index contributed by atoms with van der Waals surface area (Å²) >= 11 is 1.93. The molecular weight excluding hydrogens is 1760 g/mol. The van der Waals surface area contributed by atoms with Crippen LogP contribution >= 0.6 is 11.8 Å². The van der Waals surface area contributed by atoms with Crippen LogP contribution in [0.2, 0.25) is 0 Å². The average Bonchev–Trinajstić information content (AvgIpc) is 1.50. The second-order valence-electron chi connectivity index (χ2n) is 42.2. The molecule has 0 unspecified atom stereocenters. The Bertz CT molecular complexity index is 9510. The van der Waals surface area contributed by atoms with Crippen LogP contribution in [0.3, 0.4) is 0 Å². The van der Waals surface area contributed by atoms with E-state index in [9.17, 15) is 0 Å². The maximum atomic E-state index is 2.61. The Kier molecular flexibility index (Phi) is 21.2. The highest BCUT2D eigenvalue weighted by Gasteiger charge is 2.42. The number of nitrogens with zero attached hydrogens (tertiary/aromatic N) is 7. The minimum absolute atomic E-state index is 0.0135. The van der Waals surface area contributed by atoms with Crippen LogP contribution < -0.4 is 37.7 Å². The van der Waals surface area contributed by atoms with Gasteiger partial charge in [0.25, 0.3) is 0 Å². The highest BCUT2D eigenvalue weighted by atomic mass is 32.2. The van der Waals surface area contributed by atoms with Crippen LogP contribution in [0.25, 0.3) is 165 Å². The Balaban J connectivity index is 0.000000147. The lowest BCUT2D eigenvalue weighted by Crippen LogP contribution is -2.59. The summed E-state index contributed by atoms with van der Waals surface area (Å²) in [7, 11) is 0. The third-order valence-corrected chi connectivity index (χ3v) is 32.7. The minimum atomic E-state index is 0.0135. The number of hydrogen-bond donors (Lipinski definition) is 0. The van der Waals surface area contributed by atoms with E-state index >= 15 is 0 Å². The molecule has 27 rings (SSSR count). The molecule has 0 saturated heterocycles. The molecule has 10 heteroatoms. The van der Waals surface area contributed by atoms with Crippen molar-refractivity contribution in [1.82, 2.24) is 27.4 Å². The van der Waals surface area contributed by atoms with Gasteiger partial charge in [-0.1, -0.05) is 378 Å². The SMILES string of the molecule is Cc1cccc(-n2c3ccccc3c3c4c(c5ccccc5n4-c4ccccc4)c4c(c5ccccc5n4-c4ccc5c(c4)N(c4ccccc4)c4ccccc4B5c4c(C(C)C)cc(C(C)C)cc4C(C)C)c32)c1.Cc1cccc(-n2c3ccccc3c3c4c(c5ccccc5n4-c4ccccc4)c4c(c5ccccc5n4-c4ccc5c(c4)Sc4ccccc4B5c4c(C(C)C)cc(C(C)C)cc4C(C)C)c32)c1. The van der Waals surface area contributed by atoms with Crippen LogP contribution in [-0.2, 0) is 0 Å². The van der Waals surface area contributed by atoms with Crippen molar-refractivity contribution >= 4 is 206 Å². The molecule has 696 valence electrons. The van der Waals surface area contributed by atoms with Crippen molar-refractivity contribution in [3.63, 3.8) is 0 Å². The van der Waals surface area contributed by atoms with Crippen molar-refractivity contribution < 1.29 is 0 Å². The van der Waals surface area contributed by atoms with Crippen molar-refractivity contribution in [3.05, 3.63) is 439 Å². The van der Waals surface area contributed by atoms with Gasteiger partial charge in [0.1, 0.15) is 0 Å². The number of para-hydroxylation sites is 10. The van der Waals surface area contributed by atoms with Gasteiger partial charge in [-0.15, -0.1) is 0 Å². The van der Waals surface area contributed by atoms with E-state index in [4.69, 9.17) is 0 Å². The molecule has 25 aromatic rings. The molecule has 0 fully saturated rings. The largest absolute Gasteiger partial charge is 0.311 e.